The summed E-state index contributed by atoms with van der Waals surface area (Å²) >= 11 is 0. The number of rotatable bonds is 0. The second kappa shape index (κ2) is 4.67. The number of nitrogens with zero attached hydrogens (tertiary/aromatic N) is 1. The smallest absolute Gasteiger partial charge is 0.324 e. The van der Waals surface area contributed by atoms with Crippen LogP contribution in [0.5, 0.6) is 0 Å². The van der Waals surface area contributed by atoms with Gasteiger partial charge in [-0.05, 0) is 25.0 Å². The Bertz CT molecular complexity index is 689. The molecule has 0 aliphatic carbocycles. The first-order valence-corrected chi connectivity index (χ1v) is 6.75. The molecule has 1 atom stereocenters. The van der Waals surface area contributed by atoms with Crippen LogP contribution in [0.25, 0.3) is 10.9 Å². The zero-order valence-corrected chi connectivity index (χ0v) is 11.6. The summed E-state index contributed by atoms with van der Waals surface area (Å²) in [6.07, 6.45) is 0.801. The van der Waals surface area contributed by atoms with Gasteiger partial charge in [0.2, 0.25) is 5.91 Å². The second-order valence-corrected chi connectivity index (χ2v) is 5.17. The highest BCUT2D eigenvalue weighted by atomic mass is 16.2. The third kappa shape index (κ3) is 1.95. The van der Waals surface area contributed by atoms with Crippen LogP contribution < -0.4 is 5.32 Å². The van der Waals surface area contributed by atoms with E-state index >= 15 is 0 Å². The molecular weight excluding hydrogens is 254 g/mol. The summed E-state index contributed by atoms with van der Waals surface area (Å²) in [5, 5.41) is 3.56. The fourth-order valence-electron chi connectivity index (χ4n) is 2.93. The highest BCUT2D eigenvalue weighted by molar-refractivity contribution is 5.93. The van der Waals surface area contributed by atoms with E-state index < -0.39 is 0 Å². The topological polar surface area (TPSA) is 65.2 Å². The van der Waals surface area contributed by atoms with Crippen LogP contribution >= 0.6 is 0 Å². The Hall–Kier alpha value is -2.30. The van der Waals surface area contributed by atoms with E-state index in [1.165, 1.54) is 17.9 Å². The van der Waals surface area contributed by atoms with Gasteiger partial charge in [0.1, 0.15) is 0 Å². The Balaban J connectivity index is 1.96. The Labute approximate surface area is 117 Å². The van der Waals surface area contributed by atoms with Crippen molar-refractivity contribution in [1.29, 1.82) is 0 Å². The number of para-hydroxylation sites is 1. The summed E-state index contributed by atoms with van der Waals surface area (Å²) in [5.74, 6) is -0.329. The zero-order chi connectivity index (χ0) is 14.3. The number of fused-ring (bicyclic) bond motifs is 3. The number of aromatic nitrogens is 1. The molecule has 0 saturated carbocycles. The van der Waals surface area contributed by atoms with Gasteiger partial charge in [0, 0.05) is 30.1 Å². The fraction of sp³-hybridized carbons (Fsp3) is 0.333. The van der Waals surface area contributed by atoms with Gasteiger partial charge in [-0.1, -0.05) is 18.2 Å². The molecule has 104 valence electrons. The van der Waals surface area contributed by atoms with Crippen molar-refractivity contribution in [2.45, 2.75) is 26.3 Å². The van der Waals surface area contributed by atoms with Gasteiger partial charge < -0.3 is 9.88 Å². The van der Waals surface area contributed by atoms with Gasteiger partial charge in [-0.15, -0.1) is 0 Å². The standard InChI is InChI=1S/C15H17N3O2/c1-9-14-12(11-5-3-4-6-13(11)17-14)7-8-18(9)15(20)16-10(2)19/h3-6,9,17H,7-8H2,1-2H3,(H,16,19,20). The van der Waals surface area contributed by atoms with Gasteiger partial charge in [0.05, 0.1) is 6.04 Å². The van der Waals surface area contributed by atoms with Crippen molar-refractivity contribution in [2.24, 2.45) is 0 Å². The molecule has 2 aromatic rings. The Kier molecular flexibility index (Phi) is 2.97. The third-order valence-electron chi connectivity index (χ3n) is 3.88. The van der Waals surface area contributed by atoms with Crippen LogP contribution in [-0.2, 0) is 11.2 Å². The number of carbonyl (C=O) groups is 2. The van der Waals surface area contributed by atoms with Crippen molar-refractivity contribution in [2.75, 3.05) is 6.54 Å². The van der Waals surface area contributed by atoms with E-state index in [4.69, 9.17) is 0 Å². The van der Waals surface area contributed by atoms with E-state index in [0.29, 0.717) is 6.54 Å². The number of nitrogens with one attached hydrogen (secondary N) is 2. The predicted octanol–water partition coefficient (Wildman–Crippen LogP) is 2.34. The fourth-order valence-corrected chi connectivity index (χ4v) is 2.93. The first-order chi connectivity index (χ1) is 9.58. The third-order valence-corrected chi connectivity index (χ3v) is 3.88. The van der Waals surface area contributed by atoms with E-state index in [1.807, 2.05) is 25.1 Å². The number of aromatic amines is 1. The first-order valence-electron chi connectivity index (χ1n) is 6.75. The van der Waals surface area contributed by atoms with Gasteiger partial charge >= 0.3 is 6.03 Å². The second-order valence-electron chi connectivity index (χ2n) is 5.17. The molecular formula is C15H17N3O2. The molecule has 1 unspecified atom stereocenters. The maximum atomic E-state index is 12.0. The SMILES string of the molecule is CC(=O)NC(=O)N1CCc2c([nH]c3ccccc23)C1C. The van der Waals surface area contributed by atoms with Crippen LogP contribution in [0, 0.1) is 0 Å². The van der Waals surface area contributed by atoms with Crippen LogP contribution in [0.1, 0.15) is 31.1 Å². The highest BCUT2D eigenvalue weighted by Crippen LogP contribution is 2.33. The molecule has 3 rings (SSSR count). The number of hydrogen-bond donors (Lipinski definition) is 2. The van der Waals surface area contributed by atoms with Crippen molar-refractivity contribution in [3.05, 3.63) is 35.5 Å². The van der Waals surface area contributed by atoms with E-state index in [1.54, 1.807) is 4.90 Å². The Morgan fingerprint density at radius 3 is 2.85 bits per heavy atom. The zero-order valence-electron chi connectivity index (χ0n) is 11.6. The van der Waals surface area contributed by atoms with Crippen LogP contribution in [0.15, 0.2) is 24.3 Å². The maximum absolute atomic E-state index is 12.0. The molecule has 2 heterocycles. The van der Waals surface area contributed by atoms with Crippen LogP contribution in [0.2, 0.25) is 0 Å². The molecule has 2 N–H and O–H groups in total. The summed E-state index contributed by atoms with van der Waals surface area (Å²) in [7, 11) is 0. The number of amides is 3. The van der Waals surface area contributed by atoms with E-state index in [0.717, 1.165) is 17.6 Å². The van der Waals surface area contributed by atoms with Crippen molar-refractivity contribution in [3.8, 4) is 0 Å². The molecule has 0 bridgehead atoms. The minimum Gasteiger partial charge on any atom is -0.356 e. The molecule has 1 aliphatic rings. The lowest BCUT2D eigenvalue weighted by molar-refractivity contribution is -0.118. The number of benzene rings is 1. The van der Waals surface area contributed by atoms with Crippen molar-refractivity contribution >= 4 is 22.8 Å². The predicted molar refractivity (Wildman–Crippen MR) is 76.3 cm³/mol. The monoisotopic (exact) mass is 271 g/mol. The van der Waals surface area contributed by atoms with E-state index in [9.17, 15) is 9.59 Å². The number of H-pyrrole nitrogens is 1. The number of imide groups is 1. The summed E-state index contributed by atoms with van der Waals surface area (Å²) < 4.78 is 0. The summed E-state index contributed by atoms with van der Waals surface area (Å²) in [4.78, 5) is 28.1. The van der Waals surface area contributed by atoms with E-state index in [2.05, 4.69) is 16.4 Å². The van der Waals surface area contributed by atoms with Crippen molar-refractivity contribution in [3.63, 3.8) is 0 Å². The largest absolute Gasteiger partial charge is 0.356 e. The molecule has 5 nitrogen and oxygen atoms in total. The van der Waals surface area contributed by atoms with Crippen LogP contribution in [0.4, 0.5) is 4.79 Å². The summed E-state index contributed by atoms with van der Waals surface area (Å²) in [6.45, 7) is 3.95. The number of hydrogen-bond acceptors (Lipinski definition) is 2. The van der Waals surface area contributed by atoms with Crippen LogP contribution in [0.3, 0.4) is 0 Å². The first kappa shape index (κ1) is 12.7. The maximum Gasteiger partial charge on any atom is 0.324 e. The molecule has 0 fully saturated rings. The summed E-state index contributed by atoms with van der Waals surface area (Å²) in [6, 6.07) is 7.77. The van der Waals surface area contributed by atoms with Crippen molar-refractivity contribution in [1.82, 2.24) is 15.2 Å². The highest BCUT2D eigenvalue weighted by Gasteiger charge is 2.30. The minimum absolute atomic E-state index is 0.0644. The molecule has 0 spiro atoms. The lowest BCUT2D eigenvalue weighted by atomic mass is 9.98. The molecule has 0 radical (unpaired) electrons. The Morgan fingerprint density at radius 2 is 2.10 bits per heavy atom. The number of carbonyl (C=O) groups excluding carboxylic acids is 2. The quantitative estimate of drug-likeness (QED) is 0.772. The van der Waals surface area contributed by atoms with E-state index in [-0.39, 0.29) is 18.0 Å². The Morgan fingerprint density at radius 1 is 1.35 bits per heavy atom. The average Bonchev–Trinajstić information content (AvgIpc) is 2.78. The minimum atomic E-state index is -0.329. The van der Waals surface area contributed by atoms with Gasteiger partial charge in [0.15, 0.2) is 0 Å². The molecule has 3 amide bonds. The molecule has 20 heavy (non-hydrogen) atoms. The molecule has 0 saturated heterocycles. The normalized spacial score (nSPS) is 17.9. The lowest BCUT2D eigenvalue weighted by Crippen LogP contribution is -2.46. The molecule has 5 heteroatoms. The van der Waals surface area contributed by atoms with Crippen molar-refractivity contribution < 1.29 is 9.59 Å². The van der Waals surface area contributed by atoms with Gasteiger partial charge in [0.25, 0.3) is 0 Å². The molecule has 1 aromatic heterocycles. The van der Waals surface area contributed by atoms with Gasteiger partial charge in [-0.25, -0.2) is 4.79 Å². The lowest BCUT2D eigenvalue weighted by Gasteiger charge is -2.33. The molecule has 1 aromatic carbocycles. The summed E-state index contributed by atoms with van der Waals surface area (Å²) in [5.41, 5.74) is 3.44. The average molecular weight is 271 g/mol. The van der Waals surface area contributed by atoms with Crippen LogP contribution in [-0.4, -0.2) is 28.4 Å². The van der Waals surface area contributed by atoms with Gasteiger partial charge in [-0.3, -0.25) is 10.1 Å². The van der Waals surface area contributed by atoms with Gasteiger partial charge in [-0.2, -0.15) is 0 Å². The number of urea groups is 1. The molecule has 1 aliphatic heterocycles.